The van der Waals surface area contributed by atoms with Crippen molar-refractivity contribution in [1.29, 1.82) is 0 Å². The first-order valence-electron chi connectivity index (χ1n) is 6.36. The monoisotopic (exact) mass is 299 g/mol. The summed E-state index contributed by atoms with van der Waals surface area (Å²) in [4.78, 5) is 10.4. The van der Waals surface area contributed by atoms with Crippen molar-refractivity contribution in [3.8, 4) is 0 Å². The quantitative estimate of drug-likeness (QED) is 0.643. The molecule has 1 saturated heterocycles. The maximum absolute atomic E-state index is 12.7. The van der Waals surface area contributed by atoms with E-state index in [1.807, 2.05) is 0 Å². The molecule has 0 aromatic heterocycles. The molecule has 20 heavy (non-hydrogen) atoms. The van der Waals surface area contributed by atoms with Crippen LogP contribution in [0.1, 0.15) is 12.5 Å². The molecule has 0 aliphatic carbocycles. The lowest BCUT2D eigenvalue weighted by Gasteiger charge is -2.36. The fraction of sp³-hybridized carbons (Fsp3) is 0.500. The molecule has 1 N–H and O–H groups in total. The fourth-order valence-electron chi connectivity index (χ4n) is 2.31. The van der Waals surface area contributed by atoms with E-state index in [0.717, 1.165) is 0 Å². The molecule has 1 aromatic rings. The van der Waals surface area contributed by atoms with Crippen molar-refractivity contribution in [2.24, 2.45) is 0 Å². The Morgan fingerprint density at radius 2 is 2.10 bits per heavy atom. The third-order valence-corrected chi connectivity index (χ3v) is 5.69. The highest BCUT2D eigenvalue weighted by Crippen LogP contribution is 2.28. The van der Waals surface area contributed by atoms with Crippen LogP contribution in [-0.2, 0) is 10.0 Å². The molecule has 2 rings (SSSR count). The zero-order valence-electron chi connectivity index (χ0n) is 11.4. The number of nitrogens with one attached hydrogen (secondary N) is 1. The fourth-order valence-corrected chi connectivity index (χ4v) is 4.18. The van der Waals surface area contributed by atoms with Crippen LogP contribution in [0, 0.1) is 17.0 Å². The molecule has 0 amide bonds. The van der Waals surface area contributed by atoms with Crippen molar-refractivity contribution >= 4 is 15.7 Å². The maximum Gasteiger partial charge on any atom is 0.273 e. The van der Waals surface area contributed by atoms with Crippen molar-refractivity contribution in [1.82, 2.24) is 9.62 Å². The lowest BCUT2D eigenvalue weighted by molar-refractivity contribution is -0.385. The molecule has 0 bridgehead atoms. The molecule has 7 nitrogen and oxygen atoms in total. The van der Waals surface area contributed by atoms with Crippen LogP contribution in [0.15, 0.2) is 23.1 Å². The summed E-state index contributed by atoms with van der Waals surface area (Å²) in [5, 5.41) is 14.0. The molecule has 1 heterocycles. The largest absolute Gasteiger partial charge is 0.313 e. The molecule has 0 unspecified atom stereocenters. The molecule has 0 saturated carbocycles. The minimum atomic E-state index is -3.71. The predicted octanol–water partition coefficient (Wildman–Crippen LogP) is 0.886. The minimum absolute atomic E-state index is 0.0143. The second-order valence-electron chi connectivity index (χ2n) is 4.68. The number of nitro groups is 1. The zero-order valence-corrected chi connectivity index (χ0v) is 12.2. The molecule has 1 fully saturated rings. The molecule has 1 aromatic carbocycles. The van der Waals surface area contributed by atoms with E-state index in [2.05, 4.69) is 5.32 Å². The summed E-state index contributed by atoms with van der Waals surface area (Å²) in [6.07, 6.45) is 0. The smallest absolute Gasteiger partial charge is 0.273 e. The number of sulfonamides is 1. The van der Waals surface area contributed by atoms with E-state index in [4.69, 9.17) is 0 Å². The topological polar surface area (TPSA) is 92.6 Å². The van der Waals surface area contributed by atoms with Crippen molar-refractivity contribution in [2.75, 3.05) is 19.6 Å². The van der Waals surface area contributed by atoms with Gasteiger partial charge in [0.15, 0.2) is 0 Å². The Morgan fingerprint density at radius 3 is 2.55 bits per heavy atom. The van der Waals surface area contributed by atoms with Crippen LogP contribution < -0.4 is 5.32 Å². The summed E-state index contributed by atoms with van der Waals surface area (Å²) in [5.41, 5.74) is 0.0112. The average Bonchev–Trinajstić information content (AvgIpc) is 2.32. The number of nitro benzene ring substituents is 1. The molecular weight excluding hydrogens is 282 g/mol. The molecule has 110 valence electrons. The average molecular weight is 299 g/mol. The van der Waals surface area contributed by atoms with Crippen LogP contribution in [0.4, 0.5) is 5.69 Å². The lowest BCUT2D eigenvalue weighted by atomic mass is 10.2. The number of hydrogen-bond acceptors (Lipinski definition) is 5. The van der Waals surface area contributed by atoms with Gasteiger partial charge >= 0.3 is 0 Å². The van der Waals surface area contributed by atoms with Gasteiger partial charge in [0.25, 0.3) is 5.69 Å². The highest BCUT2D eigenvalue weighted by molar-refractivity contribution is 7.89. The van der Waals surface area contributed by atoms with Crippen molar-refractivity contribution in [3.63, 3.8) is 0 Å². The van der Waals surface area contributed by atoms with Gasteiger partial charge in [-0.3, -0.25) is 10.1 Å². The predicted molar refractivity (Wildman–Crippen MR) is 74.1 cm³/mol. The second kappa shape index (κ2) is 5.47. The van der Waals surface area contributed by atoms with Crippen LogP contribution in [0.25, 0.3) is 0 Å². The van der Waals surface area contributed by atoms with Gasteiger partial charge in [-0.05, 0) is 13.0 Å². The summed E-state index contributed by atoms with van der Waals surface area (Å²) in [6.45, 7) is 4.80. The number of nitrogens with zero attached hydrogens (tertiary/aromatic N) is 2. The first-order valence-corrected chi connectivity index (χ1v) is 7.80. The van der Waals surface area contributed by atoms with Gasteiger partial charge in [0.1, 0.15) is 0 Å². The van der Waals surface area contributed by atoms with Crippen LogP contribution in [0.5, 0.6) is 0 Å². The molecular formula is C12H17N3O4S. The summed E-state index contributed by atoms with van der Waals surface area (Å²) in [6, 6.07) is 4.07. The van der Waals surface area contributed by atoms with Gasteiger partial charge in [0, 0.05) is 37.3 Å². The van der Waals surface area contributed by atoms with Gasteiger partial charge in [-0.15, -0.1) is 0 Å². The SMILES string of the molecule is CCN(C1CNC1)S(=O)(=O)c1cccc([N+](=O)[O-])c1C. The Hall–Kier alpha value is -1.51. The van der Waals surface area contributed by atoms with Gasteiger partial charge in [-0.25, -0.2) is 8.42 Å². The summed E-state index contributed by atoms with van der Waals surface area (Å²) < 4.78 is 26.7. The third kappa shape index (κ3) is 2.41. The first-order chi connectivity index (χ1) is 9.39. The second-order valence-corrected chi connectivity index (χ2v) is 6.54. The Bertz CT molecular complexity index is 626. The summed E-state index contributed by atoms with van der Waals surface area (Å²) in [5.74, 6) is 0. The van der Waals surface area contributed by atoms with Gasteiger partial charge in [-0.1, -0.05) is 13.0 Å². The van der Waals surface area contributed by atoms with E-state index in [9.17, 15) is 18.5 Å². The van der Waals surface area contributed by atoms with Crippen molar-refractivity contribution < 1.29 is 13.3 Å². The highest BCUT2D eigenvalue weighted by Gasteiger charge is 2.35. The Labute approximate surface area is 117 Å². The molecule has 0 spiro atoms. The van der Waals surface area contributed by atoms with Gasteiger partial charge in [0.05, 0.1) is 9.82 Å². The van der Waals surface area contributed by atoms with E-state index >= 15 is 0 Å². The maximum atomic E-state index is 12.7. The Morgan fingerprint density at radius 1 is 1.45 bits per heavy atom. The Kier molecular flexibility index (Phi) is 4.07. The van der Waals surface area contributed by atoms with Gasteiger partial charge < -0.3 is 5.32 Å². The number of likely N-dealkylation sites (N-methyl/N-ethyl adjacent to an activating group) is 1. The van der Waals surface area contributed by atoms with E-state index in [1.54, 1.807) is 6.92 Å². The molecule has 1 aliphatic rings. The summed E-state index contributed by atoms with van der Waals surface area (Å²) in [7, 11) is -3.71. The molecule has 0 atom stereocenters. The Balaban J connectivity index is 2.48. The normalized spacial score (nSPS) is 16.1. The highest BCUT2D eigenvalue weighted by atomic mass is 32.2. The lowest BCUT2D eigenvalue weighted by Crippen LogP contribution is -2.58. The zero-order chi connectivity index (χ0) is 14.9. The van der Waals surface area contributed by atoms with E-state index < -0.39 is 14.9 Å². The minimum Gasteiger partial charge on any atom is -0.313 e. The third-order valence-electron chi connectivity index (χ3n) is 3.52. The number of benzene rings is 1. The van der Waals surface area contributed by atoms with Crippen LogP contribution in [0.2, 0.25) is 0 Å². The summed E-state index contributed by atoms with van der Waals surface area (Å²) >= 11 is 0. The standard InChI is InChI=1S/C12H17N3O4S/c1-3-14(10-7-13-8-10)20(18,19)12-6-4-5-11(9(12)2)15(16)17/h4-6,10,13H,3,7-8H2,1-2H3. The van der Waals surface area contributed by atoms with E-state index in [1.165, 1.54) is 29.4 Å². The van der Waals surface area contributed by atoms with Gasteiger partial charge in [-0.2, -0.15) is 4.31 Å². The number of rotatable bonds is 5. The van der Waals surface area contributed by atoms with Crippen LogP contribution in [-0.4, -0.2) is 43.3 Å². The first kappa shape index (κ1) is 14.9. The van der Waals surface area contributed by atoms with Crippen LogP contribution in [0.3, 0.4) is 0 Å². The van der Waals surface area contributed by atoms with Crippen molar-refractivity contribution in [2.45, 2.75) is 24.8 Å². The number of hydrogen-bond donors (Lipinski definition) is 1. The molecule has 8 heteroatoms. The molecule has 1 aliphatic heterocycles. The van der Waals surface area contributed by atoms with E-state index in [-0.39, 0.29) is 22.2 Å². The van der Waals surface area contributed by atoms with E-state index in [0.29, 0.717) is 19.6 Å². The van der Waals surface area contributed by atoms with Gasteiger partial charge in [0.2, 0.25) is 10.0 Å². The van der Waals surface area contributed by atoms with Crippen LogP contribution >= 0.6 is 0 Å². The van der Waals surface area contributed by atoms with Crippen molar-refractivity contribution in [3.05, 3.63) is 33.9 Å². The molecule has 0 radical (unpaired) electrons.